The molecule has 2 aromatic rings. The van der Waals surface area contributed by atoms with Gasteiger partial charge in [-0.15, -0.1) is 0 Å². The molecular formula is C15H21ClN4. The van der Waals surface area contributed by atoms with Crippen LogP contribution in [0.5, 0.6) is 0 Å². The summed E-state index contributed by atoms with van der Waals surface area (Å²) in [5, 5.41) is 4.14. The molecule has 0 spiro atoms. The van der Waals surface area contributed by atoms with Crippen molar-refractivity contribution in [2.45, 2.75) is 26.4 Å². The Bertz CT molecular complexity index is 599. The highest BCUT2D eigenvalue weighted by Gasteiger charge is 2.17. The first-order chi connectivity index (χ1) is 9.65. The number of imidazole rings is 1. The molecule has 1 aromatic carbocycles. The first-order valence-corrected chi connectivity index (χ1v) is 7.62. The van der Waals surface area contributed by atoms with Crippen LogP contribution in [0.3, 0.4) is 0 Å². The Labute approximate surface area is 124 Å². The van der Waals surface area contributed by atoms with Crippen LogP contribution in [0.4, 0.5) is 0 Å². The molecule has 0 radical (unpaired) electrons. The Balaban J connectivity index is 1.97. The first kappa shape index (κ1) is 13.9. The van der Waals surface area contributed by atoms with Crippen LogP contribution in [-0.2, 0) is 6.54 Å². The summed E-state index contributed by atoms with van der Waals surface area (Å²) in [6.45, 7) is 9.62. The second kappa shape index (κ2) is 5.72. The largest absolute Gasteiger partial charge is 0.324 e. The van der Waals surface area contributed by atoms with Crippen molar-refractivity contribution in [1.82, 2.24) is 19.8 Å². The van der Waals surface area contributed by atoms with Crippen LogP contribution < -0.4 is 5.32 Å². The van der Waals surface area contributed by atoms with E-state index in [2.05, 4.69) is 34.7 Å². The van der Waals surface area contributed by atoms with Gasteiger partial charge in [-0.25, -0.2) is 4.98 Å². The number of hydrogen-bond acceptors (Lipinski definition) is 3. The fraction of sp³-hybridized carbons (Fsp3) is 0.533. The van der Waals surface area contributed by atoms with Crippen molar-refractivity contribution in [2.75, 3.05) is 26.2 Å². The minimum Gasteiger partial charge on any atom is -0.324 e. The lowest BCUT2D eigenvalue weighted by Crippen LogP contribution is -2.43. The summed E-state index contributed by atoms with van der Waals surface area (Å²) in [5.41, 5.74) is 2.17. The molecule has 0 atom stereocenters. The Morgan fingerprint density at radius 1 is 1.30 bits per heavy atom. The van der Waals surface area contributed by atoms with E-state index in [0.29, 0.717) is 6.04 Å². The molecule has 0 saturated carbocycles. The Morgan fingerprint density at radius 3 is 2.75 bits per heavy atom. The smallest absolute Gasteiger partial charge is 0.124 e. The van der Waals surface area contributed by atoms with Crippen LogP contribution in [0.1, 0.15) is 25.7 Å². The number of hydrogen-bond donors (Lipinski definition) is 1. The van der Waals surface area contributed by atoms with E-state index in [4.69, 9.17) is 16.6 Å². The number of fused-ring (bicyclic) bond motifs is 1. The number of nitrogens with zero attached hydrogens (tertiary/aromatic N) is 3. The molecule has 0 aliphatic carbocycles. The van der Waals surface area contributed by atoms with E-state index in [9.17, 15) is 0 Å². The molecule has 1 aliphatic rings. The lowest BCUT2D eigenvalue weighted by Gasteiger charge is -2.27. The summed E-state index contributed by atoms with van der Waals surface area (Å²) < 4.78 is 2.33. The van der Waals surface area contributed by atoms with E-state index in [0.717, 1.165) is 49.1 Å². The SMILES string of the molecule is CC(C)n1c(CN2CCNCC2)nc2cc(Cl)ccc21. The average Bonchev–Trinajstić information content (AvgIpc) is 2.76. The zero-order chi connectivity index (χ0) is 14.1. The van der Waals surface area contributed by atoms with Gasteiger partial charge in [0, 0.05) is 37.2 Å². The van der Waals surface area contributed by atoms with Crippen molar-refractivity contribution in [3.05, 3.63) is 29.0 Å². The minimum absolute atomic E-state index is 0.402. The summed E-state index contributed by atoms with van der Waals surface area (Å²) >= 11 is 6.08. The Morgan fingerprint density at radius 2 is 2.05 bits per heavy atom. The van der Waals surface area contributed by atoms with Gasteiger partial charge in [-0.05, 0) is 32.0 Å². The molecule has 3 rings (SSSR count). The normalized spacial score (nSPS) is 17.2. The van der Waals surface area contributed by atoms with Gasteiger partial charge >= 0.3 is 0 Å². The molecule has 4 nitrogen and oxygen atoms in total. The monoisotopic (exact) mass is 292 g/mol. The lowest BCUT2D eigenvalue weighted by molar-refractivity contribution is 0.224. The van der Waals surface area contributed by atoms with Gasteiger partial charge in [-0.1, -0.05) is 11.6 Å². The molecule has 20 heavy (non-hydrogen) atoms. The Kier molecular flexibility index (Phi) is 3.96. The van der Waals surface area contributed by atoms with E-state index in [1.165, 1.54) is 5.52 Å². The zero-order valence-corrected chi connectivity index (χ0v) is 12.8. The second-order valence-electron chi connectivity index (χ2n) is 5.65. The van der Waals surface area contributed by atoms with Crippen molar-refractivity contribution >= 4 is 22.6 Å². The molecule has 5 heteroatoms. The molecule has 2 heterocycles. The highest BCUT2D eigenvalue weighted by molar-refractivity contribution is 6.31. The summed E-state index contributed by atoms with van der Waals surface area (Å²) in [7, 11) is 0. The average molecular weight is 293 g/mol. The van der Waals surface area contributed by atoms with Gasteiger partial charge < -0.3 is 9.88 Å². The zero-order valence-electron chi connectivity index (χ0n) is 12.1. The minimum atomic E-state index is 0.402. The maximum Gasteiger partial charge on any atom is 0.124 e. The molecule has 1 aliphatic heterocycles. The van der Waals surface area contributed by atoms with Gasteiger partial charge in [-0.2, -0.15) is 0 Å². The number of piperazine rings is 1. The van der Waals surface area contributed by atoms with Crippen LogP contribution in [0.15, 0.2) is 18.2 Å². The summed E-state index contributed by atoms with van der Waals surface area (Å²) in [6, 6.07) is 6.38. The first-order valence-electron chi connectivity index (χ1n) is 7.24. The van der Waals surface area contributed by atoms with E-state index in [-0.39, 0.29) is 0 Å². The molecule has 0 unspecified atom stereocenters. The molecule has 1 fully saturated rings. The van der Waals surface area contributed by atoms with E-state index >= 15 is 0 Å². The molecule has 0 amide bonds. The van der Waals surface area contributed by atoms with Crippen LogP contribution in [0.25, 0.3) is 11.0 Å². The highest BCUT2D eigenvalue weighted by atomic mass is 35.5. The summed E-state index contributed by atoms with van der Waals surface area (Å²) in [4.78, 5) is 7.26. The fourth-order valence-electron chi connectivity index (χ4n) is 2.88. The van der Waals surface area contributed by atoms with Crippen LogP contribution >= 0.6 is 11.6 Å². The number of aromatic nitrogens is 2. The second-order valence-corrected chi connectivity index (χ2v) is 6.09. The summed E-state index contributed by atoms with van der Waals surface area (Å²) in [5.74, 6) is 1.14. The quantitative estimate of drug-likeness (QED) is 0.944. The third-order valence-corrected chi connectivity index (χ3v) is 4.05. The number of nitrogens with one attached hydrogen (secondary N) is 1. The van der Waals surface area contributed by atoms with Gasteiger partial charge in [0.05, 0.1) is 17.6 Å². The standard InChI is InChI=1S/C15H21ClN4/c1-11(2)20-14-4-3-12(16)9-13(14)18-15(20)10-19-7-5-17-6-8-19/h3-4,9,11,17H,5-8,10H2,1-2H3. The lowest BCUT2D eigenvalue weighted by atomic mass is 10.3. The van der Waals surface area contributed by atoms with Gasteiger partial charge in [0.1, 0.15) is 5.82 Å². The van der Waals surface area contributed by atoms with Gasteiger partial charge in [0.25, 0.3) is 0 Å². The van der Waals surface area contributed by atoms with Crippen molar-refractivity contribution in [1.29, 1.82) is 0 Å². The van der Waals surface area contributed by atoms with Crippen LogP contribution in [0.2, 0.25) is 5.02 Å². The van der Waals surface area contributed by atoms with Crippen molar-refractivity contribution < 1.29 is 0 Å². The topological polar surface area (TPSA) is 33.1 Å². The molecule has 108 valence electrons. The van der Waals surface area contributed by atoms with Crippen molar-refractivity contribution in [3.8, 4) is 0 Å². The van der Waals surface area contributed by atoms with Crippen molar-refractivity contribution in [3.63, 3.8) is 0 Å². The maximum absolute atomic E-state index is 6.08. The van der Waals surface area contributed by atoms with E-state index < -0.39 is 0 Å². The Hall–Kier alpha value is -1.10. The molecule has 1 aromatic heterocycles. The highest BCUT2D eigenvalue weighted by Crippen LogP contribution is 2.24. The molecular weight excluding hydrogens is 272 g/mol. The predicted molar refractivity (Wildman–Crippen MR) is 83.3 cm³/mol. The van der Waals surface area contributed by atoms with Gasteiger partial charge in [-0.3, -0.25) is 4.90 Å². The van der Waals surface area contributed by atoms with Crippen LogP contribution in [-0.4, -0.2) is 40.6 Å². The summed E-state index contributed by atoms with van der Waals surface area (Å²) in [6.07, 6.45) is 0. The van der Waals surface area contributed by atoms with E-state index in [1.54, 1.807) is 0 Å². The predicted octanol–water partition coefficient (Wildman–Crippen LogP) is 2.68. The number of benzene rings is 1. The van der Waals surface area contributed by atoms with Crippen LogP contribution in [0, 0.1) is 0 Å². The molecule has 1 saturated heterocycles. The van der Waals surface area contributed by atoms with Gasteiger partial charge in [0.15, 0.2) is 0 Å². The van der Waals surface area contributed by atoms with Crippen molar-refractivity contribution in [2.24, 2.45) is 0 Å². The maximum atomic E-state index is 6.08. The molecule has 0 bridgehead atoms. The fourth-order valence-corrected chi connectivity index (χ4v) is 3.05. The number of rotatable bonds is 3. The van der Waals surface area contributed by atoms with Gasteiger partial charge in [0.2, 0.25) is 0 Å². The van der Waals surface area contributed by atoms with E-state index in [1.807, 2.05) is 12.1 Å². The molecule has 1 N–H and O–H groups in total. The third-order valence-electron chi connectivity index (χ3n) is 3.82. The third kappa shape index (κ3) is 2.68. The number of halogens is 1.